The van der Waals surface area contributed by atoms with E-state index in [9.17, 15) is 0 Å². The van der Waals surface area contributed by atoms with Gasteiger partial charge in [0.2, 0.25) is 0 Å². The van der Waals surface area contributed by atoms with Gasteiger partial charge in [0.05, 0.1) is 12.7 Å². The van der Waals surface area contributed by atoms with Gasteiger partial charge >= 0.3 is 0 Å². The maximum atomic E-state index is 5.68. The molecule has 0 aliphatic carbocycles. The molecule has 1 fully saturated rings. The Bertz CT molecular complexity index is 328. The molecule has 0 spiro atoms. The van der Waals surface area contributed by atoms with E-state index in [1.165, 1.54) is 0 Å². The van der Waals surface area contributed by atoms with E-state index in [4.69, 9.17) is 4.74 Å². The van der Waals surface area contributed by atoms with Gasteiger partial charge in [0, 0.05) is 29.8 Å². The van der Waals surface area contributed by atoms with Crippen LogP contribution in [0.1, 0.15) is 0 Å². The lowest BCUT2D eigenvalue weighted by molar-refractivity contribution is -0.0117. The van der Waals surface area contributed by atoms with E-state index >= 15 is 0 Å². The zero-order valence-corrected chi connectivity index (χ0v) is 11.0. The second-order valence-electron chi connectivity index (χ2n) is 4.14. The van der Waals surface area contributed by atoms with Gasteiger partial charge in [-0.05, 0) is 31.3 Å². The third-order valence-corrected chi connectivity index (χ3v) is 3.25. The number of likely N-dealkylation sites (N-methyl/N-ethyl adjacent to an activating group) is 1. The fourth-order valence-corrected chi connectivity index (χ4v) is 2.05. The molecule has 88 valence electrons. The van der Waals surface area contributed by atoms with Gasteiger partial charge in [-0.25, -0.2) is 0 Å². The zero-order chi connectivity index (χ0) is 11.4. The first-order chi connectivity index (χ1) is 7.74. The molecule has 0 radical (unpaired) electrons. The number of benzene rings is 1. The lowest BCUT2D eigenvalue weighted by atomic mass is 10.2. The van der Waals surface area contributed by atoms with E-state index in [0.29, 0.717) is 6.10 Å². The summed E-state index contributed by atoms with van der Waals surface area (Å²) in [7, 11) is 2.13. The van der Waals surface area contributed by atoms with Crippen LogP contribution in [0.25, 0.3) is 0 Å². The maximum absolute atomic E-state index is 5.68. The van der Waals surface area contributed by atoms with Crippen LogP contribution in [0.2, 0.25) is 0 Å². The summed E-state index contributed by atoms with van der Waals surface area (Å²) in [5, 5.41) is 3.39. The van der Waals surface area contributed by atoms with Crippen LogP contribution in [0, 0.1) is 0 Å². The highest BCUT2D eigenvalue weighted by atomic mass is 79.9. The number of ether oxygens (including phenoxy) is 1. The van der Waals surface area contributed by atoms with Crippen LogP contribution in [0.5, 0.6) is 0 Å². The highest BCUT2D eigenvalue weighted by Crippen LogP contribution is 2.14. The van der Waals surface area contributed by atoms with Crippen molar-refractivity contribution in [2.45, 2.75) is 6.10 Å². The molecule has 1 atom stereocenters. The normalized spacial score (nSPS) is 22.0. The van der Waals surface area contributed by atoms with Crippen LogP contribution in [0.4, 0.5) is 5.69 Å². The third kappa shape index (κ3) is 3.47. The Balaban J connectivity index is 1.80. The summed E-state index contributed by atoms with van der Waals surface area (Å²) in [6.45, 7) is 3.74. The Morgan fingerprint density at radius 2 is 2.19 bits per heavy atom. The Labute approximate surface area is 105 Å². The van der Waals surface area contributed by atoms with Gasteiger partial charge in [0.15, 0.2) is 0 Å². The second-order valence-corrected chi connectivity index (χ2v) is 5.06. The molecule has 0 aromatic heterocycles. The average Bonchev–Trinajstić information content (AvgIpc) is 2.28. The topological polar surface area (TPSA) is 24.5 Å². The SMILES string of the molecule is CN1CCOC(CNc2ccc(Br)cc2)C1. The molecule has 2 rings (SSSR count). The van der Waals surface area contributed by atoms with Crippen molar-refractivity contribution in [3.63, 3.8) is 0 Å². The van der Waals surface area contributed by atoms with Crippen molar-refractivity contribution in [3.05, 3.63) is 28.7 Å². The first kappa shape index (κ1) is 11.9. The highest BCUT2D eigenvalue weighted by molar-refractivity contribution is 9.10. The number of morpholine rings is 1. The molecule has 1 heterocycles. The smallest absolute Gasteiger partial charge is 0.0874 e. The minimum Gasteiger partial charge on any atom is -0.382 e. The Kier molecular flexibility index (Phi) is 4.21. The fraction of sp³-hybridized carbons (Fsp3) is 0.500. The van der Waals surface area contributed by atoms with Crippen LogP contribution in [-0.2, 0) is 4.74 Å². The molecule has 1 aromatic rings. The van der Waals surface area contributed by atoms with E-state index < -0.39 is 0 Å². The molecule has 3 nitrogen and oxygen atoms in total. The van der Waals surface area contributed by atoms with Gasteiger partial charge in [-0.3, -0.25) is 0 Å². The van der Waals surface area contributed by atoms with E-state index in [2.05, 4.69) is 45.3 Å². The molecule has 0 saturated carbocycles. The lowest BCUT2D eigenvalue weighted by Gasteiger charge is -2.30. The molecule has 1 N–H and O–H groups in total. The number of hydrogen-bond donors (Lipinski definition) is 1. The molecular formula is C12H17BrN2O. The van der Waals surface area contributed by atoms with Crippen LogP contribution >= 0.6 is 15.9 Å². The molecule has 1 aliphatic rings. The standard InChI is InChI=1S/C12H17BrN2O/c1-15-6-7-16-12(9-15)8-14-11-4-2-10(13)3-5-11/h2-5,12,14H,6-9H2,1H3. The zero-order valence-electron chi connectivity index (χ0n) is 9.45. The molecule has 16 heavy (non-hydrogen) atoms. The first-order valence-corrected chi connectivity index (χ1v) is 6.33. The molecule has 1 unspecified atom stereocenters. The third-order valence-electron chi connectivity index (χ3n) is 2.72. The predicted octanol–water partition coefficient (Wildman–Crippen LogP) is 2.19. The predicted molar refractivity (Wildman–Crippen MR) is 69.9 cm³/mol. The van der Waals surface area contributed by atoms with Crippen molar-refractivity contribution in [2.24, 2.45) is 0 Å². The molecule has 0 bridgehead atoms. The van der Waals surface area contributed by atoms with Crippen molar-refractivity contribution in [2.75, 3.05) is 38.6 Å². The van der Waals surface area contributed by atoms with Crippen molar-refractivity contribution in [1.82, 2.24) is 4.90 Å². The minimum absolute atomic E-state index is 0.294. The Hall–Kier alpha value is -0.580. The summed E-state index contributed by atoms with van der Waals surface area (Å²) in [5.41, 5.74) is 1.14. The summed E-state index contributed by atoms with van der Waals surface area (Å²) < 4.78 is 6.78. The van der Waals surface area contributed by atoms with Gasteiger partial charge in [0.1, 0.15) is 0 Å². The maximum Gasteiger partial charge on any atom is 0.0874 e. The summed E-state index contributed by atoms with van der Waals surface area (Å²) in [6, 6.07) is 8.21. The molecule has 0 amide bonds. The van der Waals surface area contributed by atoms with E-state index in [1.54, 1.807) is 0 Å². The molecule has 4 heteroatoms. The number of hydrogen-bond acceptors (Lipinski definition) is 3. The molecule has 1 saturated heterocycles. The van der Waals surface area contributed by atoms with Crippen molar-refractivity contribution >= 4 is 21.6 Å². The number of rotatable bonds is 3. The quantitative estimate of drug-likeness (QED) is 0.921. The summed E-state index contributed by atoms with van der Waals surface area (Å²) in [5.74, 6) is 0. The average molecular weight is 285 g/mol. The van der Waals surface area contributed by atoms with Crippen molar-refractivity contribution in [1.29, 1.82) is 0 Å². The van der Waals surface area contributed by atoms with Crippen molar-refractivity contribution < 1.29 is 4.74 Å². The van der Waals surface area contributed by atoms with E-state index in [1.807, 2.05) is 12.1 Å². The monoisotopic (exact) mass is 284 g/mol. The molecular weight excluding hydrogens is 268 g/mol. The Morgan fingerprint density at radius 3 is 2.88 bits per heavy atom. The Morgan fingerprint density at radius 1 is 1.44 bits per heavy atom. The number of nitrogens with zero attached hydrogens (tertiary/aromatic N) is 1. The molecule has 1 aliphatic heterocycles. The van der Waals surface area contributed by atoms with E-state index in [0.717, 1.165) is 36.4 Å². The fourth-order valence-electron chi connectivity index (χ4n) is 1.79. The minimum atomic E-state index is 0.294. The van der Waals surface area contributed by atoms with Crippen LogP contribution in [-0.4, -0.2) is 44.3 Å². The lowest BCUT2D eigenvalue weighted by Crippen LogP contribution is -2.43. The first-order valence-electron chi connectivity index (χ1n) is 5.53. The van der Waals surface area contributed by atoms with Gasteiger partial charge in [0.25, 0.3) is 0 Å². The van der Waals surface area contributed by atoms with Gasteiger partial charge < -0.3 is 15.0 Å². The second kappa shape index (κ2) is 5.66. The summed E-state index contributed by atoms with van der Waals surface area (Å²) in [4.78, 5) is 2.30. The van der Waals surface area contributed by atoms with Gasteiger partial charge in [-0.1, -0.05) is 15.9 Å². The molecule has 1 aromatic carbocycles. The van der Waals surface area contributed by atoms with Crippen LogP contribution < -0.4 is 5.32 Å². The van der Waals surface area contributed by atoms with Gasteiger partial charge in [-0.15, -0.1) is 0 Å². The highest BCUT2D eigenvalue weighted by Gasteiger charge is 2.16. The number of nitrogens with one attached hydrogen (secondary N) is 1. The van der Waals surface area contributed by atoms with Crippen LogP contribution in [0.3, 0.4) is 0 Å². The van der Waals surface area contributed by atoms with Crippen molar-refractivity contribution in [3.8, 4) is 0 Å². The number of halogens is 1. The summed E-state index contributed by atoms with van der Waals surface area (Å²) >= 11 is 3.42. The van der Waals surface area contributed by atoms with Gasteiger partial charge in [-0.2, -0.15) is 0 Å². The largest absolute Gasteiger partial charge is 0.382 e. The summed E-state index contributed by atoms with van der Waals surface area (Å²) in [6.07, 6.45) is 0.294. The van der Waals surface area contributed by atoms with E-state index in [-0.39, 0.29) is 0 Å². The number of anilines is 1. The van der Waals surface area contributed by atoms with Crippen LogP contribution in [0.15, 0.2) is 28.7 Å².